The third-order valence-electron chi connectivity index (χ3n) is 5.28. The van der Waals surface area contributed by atoms with Crippen LogP contribution in [0.25, 0.3) is 0 Å². The maximum atomic E-state index is 12.9. The fourth-order valence-corrected chi connectivity index (χ4v) is 6.58. The highest BCUT2D eigenvalue weighted by Gasteiger charge is 2.34. The summed E-state index contributed by atoms with van der Waals surface area (Å²) in [5, 5.41) is 6.24. The minimum atomic E-state index is -3.55. The lowest BCUT2D eigenvalue weighted by atomic mass is 9.98. The smallest absolute Gasteiger partial charge is 0.252 e. The number of nitrogens with one attached hydrogen (secondary N) is 2. The number of thiophene rings is 1. The molecule has 1 aliphatic heterocycles. The van der Waals surface area contributed by atoms with Crippen molar-refractivity contribution in [1.29, 1.82) is 0 Å². The van der Waals surface area contributed by atoms with Crippen LogP contribution in [0, 0.1) is 12.8 Å². The Bertz CT molecular complexity index is 1140. The van der Waals surface area contributed by atoms with Gasteiger partial charge in [-0.25, -0.2) is 8.42 Å². The predicted octanol–water partition coefficient (Wildman–Crippen LogP) is 4.84. The SMILES string of the molecule is Cc1ccc(S(=O)(=O)N2CCC[C@H](C(=O)Nc3ccc(Nc4ccccc4)cc3)C2)s1. The Hall–Kier alpha value is -2.68. The molecule has 1 aromatic heterocycles. The summed E-state index contributed by atoms with van der Waals surface area (Å²) in [5.41, 5.74) is 2.60. The Morgan fingerprint density at radius 3 is 2.32 bits per heavy atom. The third-order valence-corrected chi connectivity index (χ3v) is 8.61. The van der Waals surface area contributed by atoms with Gasteiger partial charge in [0.1, 0.15) is 4.21 Å². The summed E-state index contributed by atoms with van der Waals surface area (Å²) < 4.78 is 27.6. The standard InChI is InChI=1S/C23H25N3O3S2/c1-17-9-14-22(30-17)31(28,29)26-15-5-6-18(16-26)23(27)25-21-12-10-20(11-13-21)24-19-7-3-2-4-8-19/h2-4,7-14,18,24H,5-6,15-16H2,1H3,(H,25,27)/t18-/m0/s1. The second-order valence-corrected chi connectivity index (χ2v) is 11.1. The van der Waals surface area contributed by atoms with Gasteiger partial charge in [-0.3, -0.25) is 4.79 Å². The molecule has 1 saturated heterocycles. The predicted molar refractivity (Wildman–Crippen MR) is 125 cm³/mol. The number of carbonyl (C=O) groups is 1. The van der Waals surface area contributed by atoms with Crippen molar-refractivity contribution >= 4 is 44.3 Å². The second-order valence-electron chi connectivity index (χ2n) is 7.62. The number of para-hydroxylation sites is 1. The van der Waals surface area contributed by atoms with E-state index in [1.165, 1.54) is 15.6 Å². The van der Waals surface area contributed by atoms with Crippen LogP contribution in [0.5, 0.6) is 0 Å². The molecule has 0 saturated carbocycles. The summed E-state index contributed by atoms with van der Waals surface area (Å²) in [6.07, 6.45) is 1.34. The van der Waals surface area contributed by atoms with Gasteiger partial charge in [0.2, 0.25) is 5.91 Å². The highest BCUT2D eigenvalue weighted by atomic mass is 32.2. The monoisotopic (exact) mass is 455 g/mol. The van der Waals surface area contributed by atoms with E-state index in [0.29, 0.717) is 29.3 Å². The van der Waals surface area contributed by atoms with Crippen LogP contribution < -0.4 is 10.6 Å². The molecule has 1 amide bonds. The first-order valence-corrected chi connectivity index (χ1v) is 12.5. The Morgan fingerprint density at radius 2 is 1.65 bits per heavy atom. The summed E-state index contributed by atoms with van der Waals surface area (Å²) in [4.78, 5) is 13.8. The molecule has 162 valence electrons. The first-order valence-electron chi connectivity index (χ1n) is 10.2. The lowest BCUT2D eigenvalue weighted by molar-refractivity contribution is -0.120. The van der Waals surface area contributed by atoms with E-state index in [4.69, 9.17) is 0 Å². The Labute approximate surface area is 187 Å². The van der Waals surface area contributed by atoms with Crippen LogP contribution in [0.2, 0.25) is 0 Å². The molecule has 2 N–H and O–H groups in total. The maximum absolute atomic E-state index is 12.9. The molecule has 0 radical (unpaired) electrons. The Balaban J connectivity index is 1.38. The lowest BCUT2D eigenvalue weighted by Crippen LogP contribution is -2.43. The number of hydrogen-bond acceptors (Lipinski definition) is 5. The van der Waals surface area contributed by atoms with E-state index >= 15 is 0 Å². The largest absolute Gasteiger partial charge is 0.356 e. The number of carbonyl (C=O) groups excluding carboxylic acids is 1. The molecule has 0 spiro atoms. The molecule has 2 aromatic carbocycles. The summed E-state index contributed by atoms with van der Waals surface area (Å²) in [7, 11) is -3.55. The molecule has 2 heterocycles. The molecule has 0 bridgehead atoms. The van der Waals surface area contributed by atoms with E-state index in [9.17, 15) is 13.2 Å². The molecule has 3 aromatic rings. The molecule has 0 unspecified atom stereocenters. The van der Waals surface area contributed by atoms with Crippen LogP contribution in [0.4, 0.5) is 17.1 Å². The van der Waals surface area contributed by atoms with Gasteiger partial charge in [0.15, 0.2) is 0 Å². The van der Waals surface area contributed by atoms with Gasteiger partial charge in [-0.2, -0.15) is 4.31 Å². The second kappa shape index (κ2) is 9.21. The lowest BCUT2D eigenvalue weighted by Gasteiger charge is -2.30. The fourth-order valence-electron chi connectivity index (χ4n) is 3.62. The zero-order valence-corrected chi connectivity index (χ0v) is 18.9. The van der Waals surface area contributed by atoms with E-state index in [2.05, 4.69) is 10.6 Å². The average molecular weight is 456 g/mol. The molecular weight excluding hydrogens is 430 g/mol. The number of piperidine rings is 1. The fraction of sp³-hybridized carbons (Fsp3) is 0.261. The molecule has 4 rings (SSSR count). The highest BCUT2D eigenvalue weighted by Crippen LogP contribution is 2.29. The normalized spacial score (nSPS) is 17.3. The Kier molecular flexibility index (Phi) is 6.41. The molecular formula is C23H25N3O3S2. The van der Waals surface area contributed by atoms with Crippen LogP contribution in [-0.2, 0) is 14.8 Å². The zero-order valence-electron chi connectivity index (χ0n) is 17.2. The summed E-state index contributed by atoms with van der Waals surface area (Å²) >= 11 is 1.27. The number of sulfonamides is 1. The highest BCUT2D eigenvalue weighted by molar-refractivity contribution is 7.91. The van der Waals surface area contributed by atoms with Crippen molar-refractivity contribution in [2.45, 2.75) is 24.0 Å². The van der Waals surface area contributed by atoms with E-state index in [1.54, 1.807) is 6.07 Å². The van der Waals surface area contributed by atoms with Gasteiger partial charge in [-0.05, 0) is 68.3 Å². The molecule has 0 aliphatic carbocycles. The molecule has 1 aliphatic rings. The topological polar surface area (TPSA) is 78.5 Å². The van der Waals surface area contributed by atoms with Crippen LogP contribution in [0.3, 0.4) is 0 Å². The van der Waals surface area contributed by atoms with E-state index < -0.39 is 10.0 Å². The van der Waals surface area contributed by atoms with Gasteiger partial charge in [0.25, 0.3) is 10.0 Å². The first kappa shape index (κ1) is 21.5. The van der Waals surface area contributed by atoms with Crippen LogP contribution in [-0.4, -0.2) is 31.7 Å². The van der Waals surface area contributed by atoms with Crippen molar-refractivity contribution in [2.75, 3.05) is 23.7 Å². The van der Waals surface area contributed by atoms with Gasteiger partial charge in [0, 0.05) is 35.0 Å². The number of anilines is 3. The van der Waals surface area contributed by atoms with Crippen molar-refractivity contribution in [3.63, 3.8) is 0 Å². The third kappa shape index (κ3) is 5.15. The molecule has 1 atom stereocenters. The minimum absolute atomic E-state index is 0.147. The Morgan fingerprint density at radius 1 is 0.968 bits per heavy atom. The quantitative estimate of drug-likeness (QED) is 0.558. The van der Waals surface area contributed by atoms with Crippen molar-refractivity contribution in [2.24, 2.45) is 5.92 Å². The summed E-state index contributed by atoms with van der Waals surface area (Å²) in [6.45, 7) is 2.54. The van der Waals surface area contributed by atoms with Gasteiger partial charge < -0.3 is 10.6 Å². The minimum Gasteiger partial charge on any atom is -0.356 e. The van der Waals surface area contributed by atoms with Crippen LogP contribution >= 0.6 is 11.3 Å². The molecule has 6 nitrogen and oxygen atoms in total. The van der Waals surface area contributed by atoms with E-state index in [1.807, 2.05) is 67.6 Å². The molecule has 8 heteroatoms. The number of rotatable bonds is 6. The molecule has 31 heavy (non-hydrogen) atoms. The van der Waals surface area contributed by atoms with Gasteiger partial charge in [-0.15, -0.1) is 11.3 Å². The average Bonchev–Trinajstić information content (AvgIpc) is 3.23. The van der Waals surface area contributed by atoms with Crippen molar-refractivity contribution in [1.82, 2.24) is 4.31 Å². The summed E-state index contributed by atoms with van der Waals surface area (Å²) in [6, 6.07) is 20.8. The van der Waals surface area contributed by atoms with E-state index in [0.717, 1.165) is 16.3 Å². The number of benzene rings is 2. The first-order chi connectivity index (χ1) is 14.9. The van der Waals surface area contributed by atoms with Gasteiger partial charge >= 0.3 is 0 Å². The van der Waals surface area contributed by atoms with Crippen LogP contribution in [0.15, 0.2) is 70.9 Å². The number of amides is 1. The van der Waals surface area contributed by atoms with Crippen molar-refractivity contribution in [3.05, 3.63) is 71.6 Å². The van der Waals surface area contributed by atoms with Gasteiger partial charge in [-0.1, -0.05) is 18.2 Å². The maximum Gasteiger partial charge on any atom is 0.252 e. The zero-order chi connectivity index (χ0) is 21.8. The molecule has 1 fully saturated rings. The number of hydrogen-bond donors (Lipinski definition) is 2. The summed E-state index contributed by atoms with van der Waals surface area (Å²) in [5.74, 6) is -0.516. The van der Waals surface area contributed by atoms with Crippen molar-refractivity contribution in [3.8, 4) is 0 Å². The van der Waals surface area contributed by atoms with E-state index in [-0.39, 0.29) is 18.4 Å². The number of nitrogens with zero attached hydrogens (tertiary/aromatic N) is 1. The van der Waals surface area contributed by atoms with Crippen molar-refractivity contribution < 1.29 is 13.2 Å². The van der Waals surface area contributed by atoms with Gasteiger partial charge in [0.05, 0.1) is 5.92 Å². The van der Waals surface area contributed by atoms with Crippen LogP contribution in [0.1, 0.15) is 17.7 Å². The number of aryl methyl sites for hydroxylation is 1.